The second-order valence-electron chi connectivity index (χ2n) is 5.42. The van der Waals surface area contributed by atoms with Crippen molar-refractivity contribution in [3.8, 4) is 0 Å². The molecule has 1 saturated heterocycles. The minimum absolute atomic E-state index is 0.696. The van der Waals surface area contributed by atoms with Crippen LogP contribution < -0.4 is 10.6 Å². The number of hydrogen-bond acceptors (Lipinski definition) is 4. The quantitative estimate of drug-likeness (QED) is 0.452. The van der Waals surface area contributed by atoms with Crippen LogP contribution in [0.2, 0.25) is 0 Å². The summed E-state index contributed by atoms with van der Waals surface area (Å²) in [6, 6.07) is 8.59. The normalized spacial score (nSPS) is 16.3. The van der Waals surface area contributed by atoms with E-state index in [-0.39, 0.29) is 0 Å². The van der Waals surface area contributed by atoms with Crippen LogP contribution in [0.1, 0.15) is 12.5 Å². The Labute approximate surface area is 143 Å². The summed E-state index contributed by atoms with van der Waals surface area (Å²) in [4.78, 5) is 8.37. The SMILES string of the molecule is CCNC(=NCc1ccc(SC)cc1)NCCN1CCOCC1. The van der Waals surface area contributed by atoms with Gasteiger partial charge in [0, 0.05) is 37.6 Å². The van der Waals surface area contributed by atoms with Gasteiger partial charge in [-0.3, -0.25) is 4.90 Å². The molecule has 0 amide bonds. The Morgan fingerprint density at radius 2 is 1.96 bits per heavy atom. The van der Waals surface area contributed by atoms with Crippen LogP contribution in [0.4, 0.5) is 0 Å². The van der Waals surface area contributed by atoms with E-state index < -0.39 is 0 Å². The number of nitrogens with one attached hydrogen (secondary N) is 2. The fraction of sp³-hybridized carbons (Fsp3) is 0.588. The standard InChI is InChI=1S/C17H28N4OS/c1-3-18-17(19-8-9-21-10-12-22-13-11-21)20-14-15-4-6-16(23-2)7-5-15/h4-7H,3,8-14H2,1-2H3,(H2,18,19,20). The first-order valence-corrected chi connectivity index (χ1v) is 9.49. The third-order valence-corrected chi connectivity index (χ3v) is 4.49. The highest BCUT2D eigenvalue weighted by atomic mass is 32.2. The van der Waals surface area contributed by atoms with Crippen molar-refractivity contribution < 1.29 is 4.74 Å². The molecule has 1 aromatic rings. The molecule has 23 heavy (non-hydrogen) atoms. The van der Waals surface area contributed by atoms with E-state index in [1.54, 1.807) is 11.8 Å². The van der Waals surface area contributed by atoms with Gasteiger partial charge in [-0.25, -0.2) is 4.99 Å². The van der Waals surface area contributed by atoms with E-state index in [0.29, 0.717) is 6.54 Å². The van der Waals surface area contributed by atoms with E-state index in [2.05, 4.69) is 58.0 Å². The van der Waals surface area contributed by atoms with Crippen LogP contribution in [0.3, 0.4) is 0 Å². The van der Waals surface area contributed by atoms with Crippen molar-refractivity contribution in [1.29, 1.82) is 0 Å². The number of rotatable bonds is 7. The number of hydrogen-bond donors (Lipinski definition) is 2. The summed E-state index contributed by atoms with van der Waals surface area (Å²) in [5.74, 6) is 0.884. The lowest BCUT2D eigenvalue weighted by atomic mass is 10.2. The molecule has 0 spiro atoms. The predicted octanol–water partition coefficient (Wildman–Crippen LogP) is 1.80. The minimum Gasteiger partial charge on any atom is -0.379 e. The molecule has 0 aromatic heterocycles. The molecule has 0 bridgehead atoms. The van der Waals surface area contributed by atoms with Gasteiger partial charge < -0.3 is 15.4 Å². The van der Waals surface area contributed by atoms with E-state index in [1.165, 1.54) is 10.5 Å². The van der Waals surface area contributed by atoms with E-state index >= 15 is 0 Å². The van der Waals surface area contributed by atoms with Gasteiger partial charge in [0.05, 0.1) is 19.8 Å². The van der Waals surface area contributed by atoms with Gasteiger partial charge in [-0.05, 0) is 30.9 Å². The lowest BCUT2D eigenvalue weighted by Crippen LogP contribution is -2.44. The molecule has 6 heteroatoms. The zero-order chi connectivity index (χ0) is 16.3. The molecule has 0 radical (unpaired) electrons. The van der Waals surface area contributed by atoms with E-state index in [9.17, 15) is 0 Å². The second-order valence-corrected chi connectivity index (χ2v) is 6.30. The highest BCUT2D eigenvalue weighted by molar-refractivity contribution is 7.98. The lowest BCUT2D eigenvalue weighted by molar-refractivity contribution is 0.0389. The number of guanidine groups is 1. The van der Waals surface area contributed by atoms with Gasteiger partial charge >= 0.3 is 0 Å². The topological polar surface area (TPSA) is 48.9 Å². The first-order chi connectivity index (χ1) is 11.3. The molecule has 2 N–H and O–H groups in total. The van der Waals surface area contributed by atoms with Gasteiger partial charge in [-0.15, -0.1) is 11.8 Å². The van der Waals surface area contributed by atoms with Crippen LogP contribution >= 0.6 is 11.8 Å². The molecule has 1 aliphatic heterocycles. The minimum atomic E-state index is 0.696. The number of benzene rings is 1. The molecule has 5 nitrogen and oxygen atoms in total. The van der Waals surface area contributed by atoms with Crippen LogP contribution in [0.5, 0.6) is 0 Å². The van der Waals surface area contributed by atoms with Crippen molar-refractivity contribution in [3.63, 3.8) is 0 Å². The molecule has 2 rings (SSSR count). The summed E-state index contributed by atoms with van der Waals surface area (Å²) >= 11 is 1.76. The van der Waals surface area contributed by atoms with Crippen molar-refractivity contribution in [3.05, 3.63) is 29.8 Å². The van der Waals surface area contributed by atoms with Crippen LogP contribution in [-0.2, 0) is 11.3 Å². The number of nitrogens with zero attached hydrogens (tertiary/aromatic N) is 2. The zero-order valence-electron chi connectivity index (χ0n) is 14.2. The molecule has 0 unspecified atom stereocenters. The van der Waals surface area contributed by atoms with Gasteiger partial charge in [0.25, 0.3) is 0 Å². The molecular formula is C17H28N4OS. The van der Waals surface area contributed by atoms with Gasteiger partial charge in [0.1, 0.15) is 0 Å². The highest BCUT2D eigenvalue weighted by Gasteiger charge is 2.09. The fourth-order valence-electron chi connectivity index (χ4n) is 2.40. The van der Waals surface area contributed by atoms with Gasteiger partial charge in [0.15, 0.2) is 5.96 Å². The third-order valence-electron chi connectivity index (χ3n) is 3.75. The molecule has 0 aliphatic carbocycles. The first-order valence-electron chi connectivity index (χ1n) is 8.27. The maximum Gasteiger partial charge on any atom is 0.191 e. The van der Waals surface area contributed by atoms with Crippen molar-refractivity contribution in [1.82, 2.24) is 15.5 Å². The van der Waals surface area contributed by atoms with Crippen LogP contribution in [-0.4, -0.2) is 63.1 Å². The van der Waals surface area contributed by atoms with Gasteiger partial charge in [-0.2, -0.15) is 0 Å². The molecule has 1 aromatic carbocycles. The Morgan fingerprint density at radius 3 is 2.61 bits per heavy atom. The van der Waals surface area contributed by atoms with Crippen molar-refractivity contribution in [2.75, 3.05) is 52.2 Å². The largest absolute Gasteiger partial charge is 0.379 e. The number of ether oxygens (including phenoxy) is 1. The highest BCUT2D eigenvalue weighted by Crippen LogP contribution is 2.15. The Kier molecular flexibility index (Phi) is 8.28. The third kappa shape index (κ3) is 6.81. The van der Waals surface area contributed by atoms with E-state index in [0.717, 1.165) is 51.9 Å². The molecular weight excluding hydrogens is 308 g/mol. The van der Waals surface area contributed by atoms with Crippen molar-refractivity contribution in [2.45, 2.75) is 18.4 Å². The summed E-state index contributed by atoms with van der Waals surface area (Å²) < 4.78 is 5.37. The zero-order valence-corrected chi connectivity index (χ0v) is 15.0. The summed E-state index contributed by atoms with van der Waals surface area (Å²) in [7, 11) is 0. The average Bonchev–Trinajstić information content (AvgIpc) is 2.61. The Balaban J connectivity index is 1.78. The first kappa shape index (κ1) is 18.1. The number of morpholine rings is 1. The molecule has 1 aliphatic rings. The van der Waals surface area contributed by atoms with Crippen LogP contribution in [0.15, 0.2) is 34.2 Å². The van der Waals surface area contributed by atoms with E-state index in [1.807, 2.05) is 0 Å². The second kappa shape index (κ2) is 10.5. The van der Waals surface area contributed by atoms with Crippen molar-refractivity contribution in [2.24, 2.45) is 4.99 Å². The Hall–Kier alpha value is -1.24. The molecule has 1 fully saturated rings. The van der Waals surface area contributed by atoms with Crippen molar-refractivity contribution >= 4 is 17.7 Å². The van der Waals surface area contributed by atoms with Crippen LogP contribution in [0.25, 0.3) is 0 Å². The smallest absolute Gasteiger partial charge is 0.191 e. The maximum absolute atomic E-state index is 5.37. The van der Waals surface area contributed by atoms with Gasteiger partial charge in [-0.1, -0.05) is 12.1 Å². The lowest BCUT2D eigenvalue weighted by Gasteiger charge is -2.26. The maximum atomic E-state index is 5.37. The molecule has 0 atom stereocenters. The van der Waals surface area contributed by atoms with E-state index in [4.69, 9.17) is 4.74 Å². The summed E-state index contributed by atoms with van der Waals surface area (Å²) in [5, 5.41) is 6.72. The summed E-state index contributed by atoms with van der Waals surface area (Å²) in [6.45, 7) is 9.32. The molecule has 1 heterocycles. The molecule has 0 saturated carbocycles. The summed E-state index contributed by atoms with van der Waals surface area (Å²) in [6.07, 6.45) is 2.09. The number of aliphatic imine (C=N–C) groups is 1. The van der Waals surface area contributed by atoms with Crippen LogP contribution in [0, 0.1) is 0 Å². The monoisotopic (exact) mass is 336 g/mol. The number of thioether (sulfide) groups is 1. The Bertz CT molecular complexity index is 472. The molecule has 128 valence electrons. The van der Waals surface area contributed by atoms with Gasteiger partial charge in [0.2, 0.25) is 0 Å². The Morgan fingerprint density at radius 1 is 1.22 bits per heavy atom. The predicted molar refractivity (Wildman–Crippen MR) is 98.3 cm³/mol. The average molecular weight is 337 g/mol. The fourth-order valence-corrected chi connectivity index (χ4v) is 2.81. The summed E-state index contributed by atoms with van der Waals surface area (Å²) in [5.41, 5.74) is 1.23.